The molecule has 0 aliphatic carbocycles. The lowest BCUT2D eigenvalue weighted by atomic mass is 9.94. The average Bonchev–Trinajstić information content (AvgIpc) is 2.33. The molecule has 0 unspecified atom stereocenters. The second-order valence-electron chi connectivity index (χ2n) is 5.33. The van der Waals surface area contributed by atoms with Gasteiger partial charge in [0.2, 0.25) is 10.0 Å². The second kappa shape index (κ2) is 7.32. The highest BCUT2D eigenvalue weighted by Gasteiger charge is 2.30. The number of sulfonamides is 1. The van der Waals surface area contributed by atoms with Gasteiger partial charge in [-0.1, -0.05) is 13.8 Å². The molecular weight excluding hydrogens is 390 g/mol. The number of nitrogens with zero attached hydrogens (tertiary/aromatic N) is 1. The van der Waals surface area contributed by atoms with Gasteiger partial charge < -0.3 is 5.73 Å². The lowest BCUT2D eigenvalue weighted by Gasteiger charge is -2.28. The zero-order valence-corrected chi connectivity index (χ0v) is 15.1. The molecule has 0 spiro atoms. The van der Waals surface area contributed by atoms with E-state index in [-0.39, 0.29) is 30.0 Å². The van der Waals surface area contributed by atoms with Gasteiger partial charge in [0, 0.05) is 13.6 Å². The van der Waals surface area contributed by atoms with E-state index in [0.29, 0.717) is 6.07 Å². The third-order valence-electron chi connectivity index (χ3n) is 2.87. The Balaban J connectivity index is 0.00000400. The second-order valence-corrected chi connectivity index (χ2v) is 8.19. The van der Waals surface area contributed by atoms with Crippen molar-refractivity contribution in [1.29, 1.82) is 0 Å². The maximum Gasteiger partial charge on any atom is 0.245 e. The van der Waals surface area contributed by atoms with Gasteiger partial charge in [-0.3, -0.25) is 0 Å². The van der Waals surface area contributed by atoms with Crippen molar-refractivity contribution in [2.45, 2.75) is 18.7 Å². The number of hydrogen-bond acceptors (Lipinski definition) is 3. The van der Waals surface area contributed by atoms with E-state index < -0.39 is 32.0 Å². The predicted molar refractivity (Wildman–Crippen MR) is 84.0 cm³/mol. The lowest BCUT2D eigenvalue weighted by molar-refractivity contribution is 0.291. The fourth-order valence-electron chi connectivity index (χ4n) is 1.62. The van der Waals surface area contributed by atoms with E-state index in [1.165, 1.54) is 7.05 Å². The standard InChI is InChI=1S/C12H17BrF2N2O2S.ClH/c1-12(2,6-16)7-17(3)20(18,19)11-5-9(14)8(13)4-10(11)15;/h4-5H,6-7,16H2,1-3H3;1H. The largest absolute Gasteiger partial charge is 0.330 e. The molecule has 0 aromatic heterocycles. The van der Waals surface area contributed by atoms with E-state index in [1.54, 1.807) is 13.8 Å². The first kappa shape index (κ1) is 20.7. The van der Waals surface area contributed by atoms with Gasteiger partial charge >= 0.3 is 0 Å². The van der Waals surface area contributed by atoms with Crippen LogP contribution in [-0.4, -0.2) is 32.9 Å². The molecule has 1 aromatic rings. The average molecular weight is 408 g/mol. The SMILES string of the molecule is CN(CC(C)(C)CN)S(=O)(=O)c1cc(F)c(Br)cc1F.Cl. The van der Waals surface area contributed by atoms with Gasteiger partial charge in [-0.2, -0.15) is 0 Å². The molecular formula is C12H18BrClF2N2O2S. The van der Waals surface area contributed by atoms with E-state index in [9.17, 15) is 17.2 Å². The molecule has 0 aliphatic rings. The minimum Gasteiger partial charge on any atom is -0.330 e. The first-order valence-corrected chi connectivity index (χ1v) is 8.05. The van der Waals surface area contributed by atoms with Crippen LogP contribution in [0.15, 0.2) is 21.5 Å². The molecule has 9 heteroatoms. The van der Waals surface area contributed by atoms with Gasteiger partial charge in [0.05, 0.1) is 4.47 Å². The van der Waals surface area contributed by atoms with Gasteiger partial charge in [-0.05, 0) is 40.0 Å². The molecule has 0 atom stereocenters. The predicted octanol–water partition coefficient (Wildman–Crippen LogP) is 2.75. The molecule has 0 fully saturated rings. The quantitative estimate of drug-likeness (QED) is 0.763. The van der Waals surface area contributed by atoms with Crippen LogP contribution in [0.3, 0.4) is 0 Å². The lowest BCUT2D eigenvalue weighted by Crippen LogP contribution is -2.40. The van der Waals surface area contributed by atoms with Crippen molar-refractivity contribution >= 4 is 38.4 Å². The van der Waals surface area contributed by atoms with Gasteiger partial charge in [0.1, 0.15) is 16.5 Å². The highest BCUT2D eigenvalue weighted by Crippen LogP contribution is 2.26. The number of nitrogens with two attached hydrogens (primary N) is 1. The van der Waals surface area contributed by atoms with Crippen molar-refractivity contribution in [1.82, 2.24) is 4.31 Å². The van der Waals surface area contributed by atoms with Crippen molar-refractivity contribution in [2.24, 2.45) is 11.1 Å². The van der Waals surface area contributed by atoms with E-state index in [0.717, 1.165) is 10.4 Å². The van der Waals surface area contributed by atoms with Crippen LogP contribution in [0.5, 0.6) is 0 Å². The van der Waals surface area contributed by atoms with Crippen molar-refractivity contribution in [3.8, 4) is 0 Å². The first-order valence-electron chi connectivity index (χ1n) is 5.82. The van der Waals surface area contributed by atoms with Crippen LogP contribution < -0.4 is 5.73 Å². The van der Waals surface area contributed by atoms with Crippen molar-refractivity contribution in [3.05, 3.63) is 28.2 Å². The molecule has 4 nitrogen and oxygen atoms in total. The van der Waals surface area contributed by atoms with Crippen molar-refractivity contribution in [3.63, 3.8) is 0 Å². The van der Waals surface area contributed by atoms with E-state index in [4.69, 9.17) is 5.73 Å². The Kier molecular flexibility index (Phi) is 7.23. The highest BCUT2D eigenvalue weighted by molar-refractivity contribution is 9.10. The van der Waals surface area contributed by atoms with E-state index in [2.05, 4.69) is 15.9 Å². The summed E-state index contributed by atoms with van der Waals surface area (Å²) in [5, 5.41) is 0. The third kappa shape index (κ3) is 4.85. The Labute approximate surface area is 138 Å². The normalized spacial score (nSPS) is 12.4. The van der Waals surface area contributed by atoms with Crippen molar-refractivity contribution in [2.75, 3.05) is 20.1 Å². The Hall–Kier alpha value is -0.280. The molecule has 1 aromatic carbocycles. The summed E-state index contributed by atoms with van der Waals surface area (Å²) in [6, 6.07) is 1.46. The van der Waals surface area contributed by atoms with Crippen LogP contribution >= 0.6 is 28.3 Å². The topological polar surface area (TPSA) is 63.4 Å². The number of benzene rings is 1. The third-order valence-corrected chi connectivity index (χ3v) is 5.29. The molecule has 0 heterocycles. The summed E-state index contributed by atoms with van der Waals surface area (Å²) in [5.74, 6) is -1.84. The van der Waals surface area contributed by atoms with Crippen LogP contribution in [-0.2, 0) is 10.0 Å². The molecule has 0 saturated carbocycles. The number of hydrogen-bond donors (Lipinski definition) is 1. The van der Waals surface area contributed by atoms with Gasteiger partial charge in [-0.25, -0.2) is 21.5 Å². The molecule has 0 radical (unpaired) electrons. The van der Waals surface area contributed by atoms with E-state index >= 15 is 0 Å². The zero-order valence-electron chi connectivity index (χ0n) is 11.9. The van der Waals surface area contributed by atoms with Crippen LogP contribution in [0.2, 0.25) is 0 Å². The summed E-state index contributed by atoms with van der Waals surface area (Å²) in [4.78, 5) is -0.687. The van der Waals surface area contributed by atoms with Gasteiger partial charge in [-0.15, -0.1) is 12.4 Å². The Morgan fingerprint density at radius 3 is 2.29 bits per heavy atom. The molecule has 0 bridgehead atoms. The molecule has 2 N–H and O–H groups in total. The molecule has 0 saturated heterocycles. The summed E-state index contributed by atoms with van der Waals surface area (Å²) >= 11 is 2.80. The summed E-state index contributed by atoms with van der Waals surface area (Å²) in [7, 11) is -2.80. The smallest absolute Gasteiger partial charge is 0.245 e. The number of halogens is 4. The summed E-state index contributed by atoms with van der Waals surface area (Å²) < 4.78 is 52.6. The van der Waals surface area contributed by atoms with E-state index in [1.807, 2.05) is 0 Å². The molecule has 0 aliphatic heterocycles. The van der Waals surface area contributed by atoms with Crippen molar-refractivity contribution < 1.29 is 17.2 Å². The highest BCUT2D eigenvalue weighted by atomic mass is 79.9. The summed E-state index contributed by atoms with van der Waals surface area (Å²) in [6.45, 7) is 3.95. The van der Waals surface area contributed by atoms with Crippen LogP contribution in [0.4, 0.5) is 8.78 Å². The fourth-order valence-corrected chi connectivity index (χ4v) is 3.35. The van der Waals surface area contributed by atoms with Crippen LogP contribution in [0, 0.1) is 17.0 Å². The number of rotatable bonds is 5. The van der Waals surface area contributed by atoms with Crippen LogP contribution in [0.25, 0.3) is 0 Å². The molecule has 21 heavy (non-hydrogen) atoms. The zero-order chi connectivity index (χ0) is 15.7. The summed E-state index contributed by atoms with van der Waals surface area (Å²) in [6.07, 6.45) is 0. The Bertz CT molecular complexity index is 612. The maximum atomic E-state index is 13.8. The minimum atomic E-state index is -4.11. The van der Waals surface area contributed by atoms with Crippen LogP contribution in [0.1, 0.15) is 13.8 Å². The molecule has 0 amide bonds. The Morgan fingerprint density at radius 1 is 1.29 bits per heavy atom. The molecule has 1 rings (SSSR count). The molecule has 122 valence electrons. The van der Waals surface area contributed by atoms with Gasteiger partial charge in [0.15, 0.2) is 0 Å². The Morgan fingerprint density at radius 2 is 1.81 bits per heavy atom. The fraction of sp³-hybridized carbons (Fsp3) is 0.500. The maximum absolute atomic E-state index is 13.8. The van der Waals surface area contributed by atoms with Gasteiger partial charge in [0.25, 0.3) is 0 Å². The monoisotopic (exact) mass is 406 g/mol. The minimum absolute atomic E-state index is 0. The first-order chi connectivity index (χ1) is 9.01. The summed E-state index contributed by atoms with van der Waals surface area (Å²) in [5.41, 5.74) is 5.08.